The largest absolute Gasteiger partial charge is 0.329 e. The maximum Gasteiger partial charge on any atom is 0.242 e. The molecule has 1 amide bonds. The van der Waals surface area contributed by atoms with Crippen molar-refractivity contribution >= 4 is 22.1 Å². The van der Waals surface area contributed by atoms with Crippen molar-refractivity contribution in [2.45, 2.75) is 11.8 Å². The van der Waals surface area contributed by atoms with Crippen LogP contribution in [-0.2, 0) is 14.8 Å². The number of aryl methyl sites for hydroxylation is 1. The molecular weight excluding hydrogens is 228 g/mol. The third kappa shape index (κ3) is 2.40. The van der Waals surface area contributed by atoms with Crippen molar-refractivity contribution in [1.29, 1.82) is 0 Å². The second-order valence-electron chi connectivity index (χ2n) is 3.53. The fourth-order valence-corrected chi connectivity index (χ4v) is 2.38. The van der Waals surface area contributed by atoms with E-state index < -0.39 is 10.0 Å². The maximum atomic E-state index is 11.9. The molecule has 0 aliphatic rings. The van der Waals surface area contributed by atoms with Crippen LogP contribution in [0.25, 0.3) is 0 Å². The molecule has 6 heteroatoms. The smallest absolute Gasteiger partial charge is 0.242 e. The molecule has 5 nitrogen and oxygen atoms in total. The third-order valence-corrected chi connectivity index (χ3v) is 4.13. The topological polar surface area (TPSA) is 66.5 Å². The molecule has 1 N–H and O–H groups in total. The average molecular weight is 242 g/mol. The van der Waals surface area contributed by atoms with Crippen LogP contribution in [0, 0.1) is 6.92 Å². The average Bonchev–Trinajstić information content (AvgIpc) is 2.20. The third-order valence-electron chi connectivity index (χ3n) is 2.17. The van der Waals surface area contributed by atoms with E-state index in [-0.39, 0.29) is 4.90 Å². The highest BCUT2D eigenvalue weighted by Gasteiger charge is 2.19. The van der Waals surface area contributed by atoms with Crippen LogP contribution in [-0.4, -0.2) is 33.2 Å². The maximum absolute atomic E-state index is 11.9. The number of amides is 1. The zero-order valence-electron chi connectivity index (χ0n) is 9.39. The van der Waals surface area contributed by atoms with Crippen molar-refractivity contribution < 1.29 is 13.2 Å². The van der Waals surface area contributed by atoms with Crippen molar-refractivity contribution in [2.24, 2.45) is 0 Å². The van der Waals surface area contributed by atoms with Crippen LogP contribution in [0.1, 0.15) is 5.56 Å². The summed E-state index contributed by atoms with van der Waals surface area (Å²) in [7, 11) is -0.537. The van der Waals surface area contributed by atoms with Gasteiger partial charge >= 0.3 is 0 Å². The van der Waals surface area contributed by atoms with Gasteiger partial charge in [0.1, 0.15) is 0 Å². The molecule has 0 aliphatic heterocycles. The molecule has 0 atom stereocenters. The lowest BCUT2D eigenvalue weighted by Gasteiger charge is -2.14. The molecule has 0 aliphatic carbocycles. The normalized spacial score (nSPS) is 11.5. The molecule has 0 bridgehead atoms. The van der Waals surface area contributed by atoms with Gasteiger partial charge in [-0.2, -0.15) is 0 Å². The molecule has 0 aromatic heterocycles. The Balaban J connectivity index is 3.33. The number of carbonyl (C=O) groups excluding carboxylic acids is 1. The molecule has 1 aromatic carbocycles. The predicted molar refractivity (Wildman–Crippen MR) is 61.7 cm³/mol. The summed E-state index contributed by atoms with van der Waals surface area (Å²) in [6, 6.07) is 4.75. The van der Waals surface area contributed by atoms with Gasteiger partial charge in [-0.05, 0) is 24.6 Å². The van der Waals surface area contributed by atoms with Gasteiger partial charge in [-0.3, -0.25) is 4.79 Å². The van der Waals surface area contributed by atoms with Crippen LogP contribution >= 0.6 is 0 Å². The summed E-state index contributed by atoms with van der Waals surface area (Å²) in [6.45, 7) is 1.71. The van der Waals surface area contributed by atoms with Crippen molar-refractivity contribution in [1.82, 2.24) is 4.31 Å². The molecule has 88 valence electrons. The van der Waals surface area contributed by atoms with E-state index in [0.717, 1.165) is 4.31 Å². The first-order valence-corrected chi connectivity index (χ1v) is 6.07. The summed E-state index contributed by atoms with van der Waals surface area (Å²) >= 11 is 0. The molecule has 1 aromatic rings. The van der Waals surface area contributed by atoms with Gasteiger partial charge in [0.2, 0.25) is 16.4 Å². The Morgan fingerprint density at radius 3 is 2.44 bits per heavy atom. The number of anilines is 1. The molecule has 0 saturated carbocycles. The number of hydrogen-bond donors (Lipinski definition) is 1. The van der Waals surface area contributed by atoms with Gasteiger partial charge in [0, 0.05) is 19.8 Å². The van der Waals surface area contributed by atoms with Crippen molar-refractivity contribution in [3.05, 3.63) is 23.8 Å². The van der Waals surface area contributed by atoms with Gasteiger partial charge in [-0.1, -0.05) is 6.07 Å². The first kappa shape index (κ1) is 12.7. The number of benzene rings is 1. The van der Waals surface area contributed by atoms with Crippen molar-refractivity contribution in [2.75, 3.05) is 19.4 Å². The zero-order chi connectivity index (χ0) is 12.3. The summed E-state index contributed by atoms with van der Waals surface area (Å²) in [6.07, 6.45) is 0.511. The van der Waals surface area contributed by atoms with Crippen LogP contribution in [0.5, 0.6) is 0 Å². The monoisotopic (exact) mass is 242 g/mol. The molecule has 1 rings (SSSR count). The number of nitrogens with one attached hydrogen (secondary N) is 1. The SMILES string of the molecule is Cc1ccc(NC=O)cc1S(=O)(=O)N(C)C. The van der Waals surface area contributed by atoms with Gasteiger partial charge in [-0.25, -0.2) is 12.7 Å². The van der Waals surface area contributed by atoms with E-state index in [0.29, 0.717) is 17.7 Å². The summed E-state index contributed by atoms with van der Waals surface area (Å²) < 4.78 is 25.0. The summed E-state index contributed by atoms with van der Waals surface area (Å²) in [5, 5.41) is 2.42. The number of carbonyl (C=O) groups is 1. The van der Waals surface area contributed by atoms with Crippen LogP contribution in [0.15, 0.2) is 23.1 Å². The van der Waals surface area contributed by atoms with E-state index in [2.05, 4.69) is 5.32 Å². The van der Waals surface area contributed by atoms with Crippen LogP contribution in [0.4, 0.5) is 5.69 Å². The molecule has 0 spiro atoms. The summed E-state index contributed by atoms with van der Waals surface area (Å²) in [5.41, 5.74) is 1.10. The standard InChI is InChI=1S/C10H14N2O3S/c1-8-4-5-9(11-7-13)6-10(8)16(14,15)12(2)3/h4-7H,1-3H3,(H,11,13). The Morgan fingerprint density at radius 1 is 1.31 bits per heavy atom. The molecule has 16 heavy (non-hydrogen) atoms. The van der Waals surface area contributed by atoms with Crippen LogP contribution in [0.3, 0.4) is 0 Å². The Labute approximate surface area is 95.1 Å². The van der Waals surface area contributed by atoms with Gasteiger partial charge in [0.15, 0.2) is 0 Å². The number of sulfonamides is 1. The summed E-state index contributed by atoms with van der Waals surface area (Å²) in [4.78, 5) is 10.5. The molecule has 0 saturated heterocycles. The molecule has 0 heterocycles. The van der Waals surface area contributed by atoms with Crippen LogP contribution < -0.4 is 5.32 Å². The highest BCUT2D eigenvalue weighted by molar-refractivity contribution is 7.89. The van der Waals surface area contributed by atoms with Crippen molar-refractivity contribution in [3.63, 3.8) is 0 Å². The van der Waals surface area contributed by atoms with Crippen LogP contribution in [0.2, 0.25) is 0 Å². The van der Waals surface area contributed by atoms with Gasteiger partial charge in [0.05, 0.1) is 4.90 Å². The van der Waals surface area contributed by atoms with E-state index >= 15 is 0 Å². The molecule has 0 unspecified atom stereocenters. The fraction of sp³-hybridized carbons (Fsp3) is 0.300. The summed E-state index contributed by atoms with van der Waals surface area (Å²) in [5.74, 6) is 0. The number of hydrogen-bond acceptors (Lipinski definition) is 3. The predicted octanol–water partition coefficient (Wildman–Crippen LogP) is 0.814. The minimum Gasteiger partial charge on any atom is -0.329 e. The Morgan fingerprint density at radius 2 is 1.94 bits per heavy atom. The Hall–Kier alpha value is -1.40. The second-order valence-corrected chi connectivity index (χ2v) is 5.65. The Kier molecular flexibility index (Phi) is 3.66. The fourth-order valence-electron chi connectivity index (χ4n) is 1.23. The number of nitrogens with zero attached hydrogens (tertiary/aromatic N) is 1. The first-order chi connectivity index (χ1) is 7.39. The quantitative estimate of drug-likeness (QED) is 0.795. The van der Waals surface area contributed by atoms with E-state index in [1.807, 2.05) is 0 Å². The van der Waals surface area contributed by atoms with E-state index in [1.165, 1.54) is 20.2 Å². The van der Waals surface area contributed by atoms with Gasteiger partial charge in [0.25, 0.3) is 0 Å². The first-order valence-electron chi connectivity index (χ1n) is 4.63. The zero-order valence-corrected chi connectivity index (χ0v) is 10.2. The van der Waals surface area contributed by atoms with E-state index in [4.69, 9.17) is 0 Å². The lowest BCUT2D eigenvalue weighted by molar-refractivity contribution is -0.105. The highest BCUT2D eigenvalue weighted by atomic mass is 32.2. The van der Waals surface area contributed by atoms with Crippen molar-refractivity contribution in [3.8, 4) is 0 Å². The van der Waals surface area contributed by atoms with Gasteiger partial charge in [-0.15, -0.1) is 0 Å². The highest BCUT2D eigenvalue weighted by Crippen LogP contribution is 2.21. The van der Waals surface area contributed by atoms with Gasteiger partial charge < -0.3 is 5.32 Å². The minimum absolute atomic E-state index is 0.198. The number of rotatable bonds is 4. The lowest BCUT2D eigenvalue weighted by atomic mass is 10.2. The molecule has 0 fully saturated rings. The molecule has 0 radical (unpaired) electrons. The molecular formula is C10H14N2O3S. The lowest BCUT2D eigenvalue weighted by Crippen LogP contribution is -2.23. The van der Waals surface area contributed by atoms with E-state index in [1.54, 1.807) is 19.1 Å². The minimum atomic E-state index is -3.47. The van der Waals surface area contributed by atoms with E-state index in [9.17, 15) is 13.2 Å². The second kappa shape index (κ2) is 4.63. The Bertz CT molecular complexity index is 495.